The zero-order valence-corrected chi connectivity index (χ0v) is 20.9. The molecule has 8 nitrogen and oxygen atoms in total. The zero-order valence-electron chi connectivity index (χ0n) is 20.1. The number of para-hydroxylation sites is 1. The van der Waals surface area contributed by atoms with Crippen molar-refractivity contribution in [3.8, 4) is 17.2 Å². The maximum Gasteiger partial charge on any atom is 0.301 e. The summed E-state index contributed by atoms with van der Waals surface area (Å²) in [5.41, 5.74) is 0.920. The Morgan fingerprint density at radius 2 is 1.68 bits per heavy atom. The number of carbonyl (C=O) groups is 2. The summed E-state index contributed by atoms with van der Waals surface area (Å²) in [6, 6.07) is 22.1. The van der Waals surface area contributed by atoms with Crippen molar-refractivity contribution in [2.75, 3.05) is 11.5 Å². The number of rotatable bonds is 7. The van der Waals surface area contributed by atoms with Crippen LogP contribution in [0.3, 0.4) is 0 Å². The molecule has 9 heteroatoms. The van der Waals surface area contributed by atoms with Gasteiger partial charge in [-0.25, -0.2) is 0 Å². The molecule has 1 aromatic heterocycles. The minimum absolute atomic E-state index is 0.0427. The third kappa shape index (κ3) is 4.81. The van der Waals surface area contributed by atoms with Gasteiger partial charge in [0.25, 0.3) is 5.78 Å². The van der Waals surface area contributed by atoms with Crippen LogP contribution in [0.2, 0.25) is 0 Å². The van der Waals surface area contributed by atoms with Gasteiger partial charge >= 0.3 is 5.91 Å². The van der Waals surface area contributed by atoms with Crippen molar-refractivity contribution in [2.24, 2.45) is 0 Å². The number of aliphatic hydroxyl groups excluding tert-OH is 1. The SMILES string of the molecule is CCOc1ccc(C(O)=C2C(=O)C(=O)N(c3nnc(C)s3)[C@H]2c2cccc(Oc3ccccc3)c2)cc1. The summed E-state index contributed by atoms with van der Waals surface area (Å²) in [5, 5.41) is 20.4. The van der Waals surface area contributed by atoms with Gasteiger partial charge in [-0.1, -0.05) is 41.7 Å². The molecule has 186 valence electrons. The third-order valence-electron chi connectivity index (χ3n) is 5.76. The molecule has 0 aliphatic carbocycles. The van der Waals surface area contributed by atoms with Crippen molar-refractivity contribution < 1.29 is 24.2 Å². The van der Waals surface area contributed by atoms with Crippen molar-refractivity contribution in [3.63, 3.8) is 0 Å². The summed E-state index contributed by atoms with van der Waals surface area (Å²) in [6.45, 7) is 4.14. The monoisotopic (exact) mass is 513 g/mol. The van der Waals surface area contributed by atoms with E-state index in [0.29, 0.717) is 40.0 Å². The second-order valence-corrected chi connectivity index (χ2v) is 9.38. The number of aromatic nitrogens is 2. The van der Waals surface area contributed by atoms with E-state index in [2.05, 4.69) is 10.2 Å². The van der Waals surface area contributed by atoms with E-state index in [1.54, 1.807) is 55.5 Å². The van der Waals surface area contributed by atoms with Gasteiger partial charge in [0, 0.05) is 5.56 Å². The Hall–Kier alpha value is -4.50. The number of benzene rings is 3. The molecule has 5 rings (SSSR count). The number of hydrogen-bond donors (Lipinski definition) is 1. The number of amides is 1. The lowest BCUT2D eigenvalue weighted by Gasteiger charge is -2.23. The van der Waals surface area contributed by atoms with Crippen LogP contribution >= 0.6 is 11.3 Å². The minimum atomic E-state index is -0.932. The van der Waals surface area contributed by atoms with E-state index in [1.165, 1.54) is 16.2 Å². The van der Waals surface area contributed by atoms with E-state index in [4.69, 9.17) is 9.47 Å². The minimum Gasteiger partial charge on any atom is -0.507 e. The van der Waals surface area contributed by atoms with Crippen LogP contribution < -0.4 is 14.4 Å². The predicted molar refractivity (Wildman–Crippen MR) is 140 cm³/mol. The predicted octanol–water partition coefficient (Wildman–Crippen LogP) is 5.66. The first-order chi connectivity index (χ1) is 18.0. The summed E-state index contributed by atoms with van der Waals surface area (Å²) in [4.78, 5) is 27.9. The normalized spacial score (nSPS) is 16.7. The van der Waals surface area contributed by atoms with Crippen LogP contribution in [0.4, 0.5) is 5.13 Å². The fourth-order valence-corrected chi connectivity index (χ4v) is 4.85. The first-order valence-electron chi connectivity index (χ1n) is 11.6. The molecule has 1 atom stereocenters. The summed E-state index contributed by atoms with van der Waals surface area (Å²) in [7, 11) is 0. The Morgan fingerprint density at radius 1 is 0.946 bits per heavy atom. The highest BCUT2D eigenvalue weighted by molar-refractivity contribution is 7.15. The first-order valence-corrected chi connectivity index (χ1v) is 12.4. The average molecular weight is 514 g/mol. The molecule has 1 aliphatic rings. The first kappa shape index (κ1) is 24.2. The molecule has 1 aliphatic heterocycles. The molecule has 2 heterocycles. The number of anilines is 1. The molecule has 3 aromatic carbocycles. The maximum atomic E-state index is 13.3. The van der Waals surface area contributed by atoms with E-state index >= 15 is 0 Å². The van der Waals surface area contributed by atoms with Gasteiger partial charge in [0.05, 0.1) is 18.2 Å². The van der Waals surface area contributed by atoms with Crippen LogP contribution in [-0.2, 0) is 9.59 Å². The summed E-state index contributed by atoms with van der Waals surface area (Å²) in [5.74, 6) is -0.0936. The summed E-state index contributed by atoms with van der Waals surface area (Å²) in [6.07, 6.45) is 0. The Balaban J connectivity index is 1.62. The van der Waals surface area contributed by atoms with Gasteiger partial charge in [0.1, 0.15) is 28.0 Å². The number of ketones is 1. The molecule has 0 radical (unpaired) electrons. The topological polar surface area (TPSA) is 102 Å². The highest BCUT2D eigenvalue weighted by Crippen LogP contribution is 2.43. The second kappa shape index (κ2) is 10.2. The number of aliphatic hydroxyl groups is 1. The van der Waals surface area contributed by atoms with Crippen molar-refractivity contribution in [2.45, 2.75) is 19.9 Å². The third-order valence-corrected chi connectivity index (χ3v) is 6.60. The van der Waals surface area contributed by atoms with Gasteiger partial charge in [-0.3, -0.25) is 14.5 Å². The molecule has 0 saturated carbocycles. The van der Waals surface area contributed by atoms with Gasteiger partial charge in [0.2, 0.25) is 5.13 Å². The van der Waals surface area contributed by atoms with Crippen LogP contribution in [0.5, 0.6) is 17.2 Å². The van der Waals surface area contributed by atoms with Gasteiger partial charge in [-0.2, -0.15) is 0 Å². The fourth-order valence-electron chi connectivity index (χ4n) is 4.13. The molecule has 37 heavy (non-hydrogen) atoms. The smallest absolute Gasteiger partial charge is 0.301 e. The quantitative estimate of drug-likeness (QED) is 0.193. The zero-order chi connectivity index (χ0) is 25.9. The lowest BCUT2D eigenvalue weighted by molar-refractivity contribution is -0.132. The Morgan fingerprint density at radius 3 is 2.35 bits per heavy atom. The molecule has 0 unspecified atom stereocenters. The highest BCUT2D eigenvalue weighted by atomic mass is 32.1. The highest BCUT2D eigenvalue weighted by Gasteiger charge is 2.48. The molecule has 4 aromatic rings. The van der Waals surface area contributed by atoms with Crippen LogP contribution in [-0.4, -0.2) is 33.6 Å². The number of nitrogens with zero attached hydrogens (tertiary/aromatic N) is 3. The van der Waals surface area contributed by atoms with Crippen LogP contribution in [0, 0.1) is 6.92 Å². The van der Waals surface area contributed by atoms with E-state index in [9.17, 15) is 14.7 Å². The molecule has 0 bridgehead atoms. The number of Topliss-reactive ketones (excluding diaryl/α,β-unsaturated/α-hetero) is 1. The molecule has 0 spiro atoms. The summed E-state index contributed by atoms with van der Waals surface area (Å²) < 4.78 is 11.5. The largest absolute Gasteiger partial charge is 0.507 e. The average Bonchev–Trinajstić information content (AvgIpc) is 3.45. The van der Waals surface area contributed by atoms with Crippen LogP contribution in [0.15, 0.2) is 84.4 Å². The second-order valence-electron chi connectivity index (χ2n) is 8.22. The molecule has 1 amide bonds. The fraction of sp³-hybridized carbons (Fsp3) is 0.143. The number of carbonyl (C=O) groups excluding carboxylic acids is 2. The lowest BCUT2D eigenvalue weighted by Crippen LogP contribution is -2.29. The van der Waals surface area contributed by atoms with Crippen molar-refractivity contribution in [1.29, 1.82) is 0 Å². The molecule has 1 N–H and O–H groups in total. The van der Waals surface area contributed by atoms with Gasteiger partial charge in [-0.05, 0) is 67.9 Å². The van der Waals surface area contributed by atoms with Gasteiger partial charge in [0.15, 0.2) is 0 Å². The van der Waals surface area contributed by atoms with Crippen LogP contribution in [0.25, 0.3) is 5.76 Å². The Kier molecular flexibility index (Phi) is 6.70. The van der Waals surface area contributed by atoms with Crippen molar-refractivity contribution in [1.82, 2.24) is 10.2 Å². The Bertz CT molecular complexity index is 1480. The van der Waals surface area contributed by atoms with Gasteiger partial charge in [-0.15, -0.1) is 10.2 Å². The summed E-state index contributed by atoms with van der Waals surface area (Å²) >= 11 is 1.19. The van der Waals surface area contributed by atoms with E-state index in [0.717, 1.165) is 0 Å². The molecule has 1 fully saturated rings. The molecular weight excluding hydrogens is 490 g/mol. The van der Waals surface area contributed by atoms with Crippen LogP contribution in [0.1, 0.15) is 29.1 Å². The van der Waals surface area contributed by atoms with E-state index in [-0.39, 0.29) is 16.5 Å². The number of hydrogen-bond acceptors (Lipinski definition) is 8. The molecular formula is C28H23N3O5S. The molecule has 1 saturated heterocycles. The maximum absolute atomic E-state index is 13.3. The standard InChI is InChI=1S/C28H23N3O5S/c1-3-35-20-14-12-18(13-15-20)25(32)23-24(31(27(34)26(23)33)28-30-29-17(2)37-28)19-8-7-11-22(16-19)36-21-9-5-4-6-10-21/h4-16,24,32H,3H2,1-2H3/t24-/m0/s1. The van der Waals surface area contributed by atoms with Crippen molar-refractivity contribution in [3.05, 3.63) is 101 Å². The van der Waals surface area contributed by atoms with E-state index < -0.39 is 17.7 Å². The van der Waals surface area contributed by atoms with Crippen molar-refractivity contribution >= 4 is 33.9 Å². The van der Waals surface area contributed by atoms with Gasteiger partial charge < -0.3 is 14.6 Å². The Labute approximate surface area is 217 Å². The van der Waals surface area contributed by atoms with E-state index in [1.807, 2.05) is 37.3 Å². The number of aryl methyl sites for hydroxylation is 1. The lowest BCUT2D eigenvalue weighted by atomic mass is 9.95. The number of ether oxygens (including phenoxy) is 2.